The minimum atomic E-state index is 0.0572. The third-order valence-electron chi connectivity index (χ3n) is 5.75. The van der Waals surface area contributed by atoms with Gasteiger partial charge < -0.3 is 5.32 Å². The number of carbonyl (C=O) groups is 1. The largest absolute Gasteiger partial charge is 0.324 e. The highest BCUT2D eigenvalue weighted by Gasteiger charge is 2.30. The van der Waals surface area contributed by atoms with Crippen LogP contribution in [0.2, 0.25) is 0 Å². The quantitative estimate of drug-likeness (QED) is 0.700. The fourth-order valence-electron chi connectivity index (χ4n) is 3.97. The number of likely N-dealkylation sites (tertiary alicyclic amines) is 1. The van der Waals surface area contributed by atoms with Crippen molar-refractivity contribution in [3.05, 3.63) is 52.5 Å². The maximum Gasteiger partial charge on any atom is 0.238 e. The number of hydrogen-bond acceptors (Lipinski definition) is 5. The Hall–Kier alpha value is -2.31. The van der Waals surface area contributed by atoms with E-state index in [-0.39, 0.29) is 5.91 Å². The Bertz CT molecular complexity index is 984. The van der Waals surface area contributed by atoms with Crippen LogP contribution >= 0.6 is 11.3 Å². The van der Waals surface area contributed by atoms with Crippen molar-refractivity contribution in [3.8, 4) is 0 Å². The summed E-state index contributed by atoms with van der Waals surface area (Å²) in [5.41, 5.74) is 0.888. The van der Waals surface area contributed by atoms with Crippen molar-refractivity contribution >= 4 is 33.7 Å². The Balaban J connectivity index is 1.16. The summed E-state index contributed by atoms with van der Waals surface area (Å²) >= 11 is 1.81. The molecule has 0 radical (unpaired) electrons. The predicted molar refractivity (Wildman–Crippen MR) is 113 cm³/mol. The molecule has 0 spiro atoms. The minimum Gasteiger partial charge on any atom is -0.324 e. The normalized spacial score (nSPS) is 18.4. The van der Waals surface area contributed by atoms with Crippen molar-refractivity contribution in [2.75, 3.05) is 25.0 Å². The van der Waals surface area contributed by atoms with Crippen molar-refractivity contribution < 1.29 is 4.79 Å². The van der Waals surface area contributed by atoms with Gasteiger partial charge in [-0.1, -0.05) is 36.4 Å². The van der Waals surface area contributed by atoms with E-state index in [1.54, 1.807) is 0 Å². The fourth-order valence-corrected chi connectivity index (χ4v) is 5.15. The summed E-state index contributed by atoms with van der Waals surface area (Å²) in [7, 11) is 0. The molecule has 1 saturated heterocycles. The van der Waals surface area contributed by atoms with Gasteiger partial charge >= 0.3 is 0 Å². The number of hydrogen-bond donors (Lipinski definition) is 1. The molecule has 2 aromatic carbocycles. The number of rotatable bonds is 5. The lowest BCUT2D eigenvalue weighted by atomic mass is 9.98. The van der Waals surface area contributed by atoms with Gasteiger partial charge in [-0.15, -0.1) is 21.5 Å². The van der Waals surface area contributed by atoms with Gasteiger partial charge in [0.25, 0.3) is 0 Å². The summed E-state index contributed by atoms with van der Waals surface area (Å²) in [6.07, 6.45) is 4.67. The Morgan fingerprint density at radius 3 is 2.39 bits per heavy atom. The van der Waals surface area contributed by atoms with Crippen LogP contribution in [-0.4, -0.2) is 40.6 Å². The van der Waals surface area contributed by atoms with Crippen LogP contribution in [0.4, 0.5) is 5.69 Å². The van der Waals surface area contributed by atoms with Gasteiger partial charge in [-0.2, -0.15) is 0 Å². The topological polar surface area (TPSA) is 58.1 Å². The molecule has 0 atom stereocenters. The second-order valence-corrected chi connectivity index (χ2v) is 8.92. The molecule has 144 valence electrons. The van der Waals surface area contributed by atoms with Gasteiger partial charge in [0.05, 0.1) is 6.54 Å². The lowest BCUT2D eigenvalue weighted by molar-refractivity contribution is -0.117. The van der Waals surface area contributed by atoms with Crippen molar-refractivity contribution in [3.63, 3.8) is 0 Å². The molecule has 5 nitrogen and oxygen atoms in total. The highest BCUT2D eigenvalue weighted by Crippen LogP contribution is 2.43. The van der Waals surface area contributed by atoms with E-state index in [2.05, 4.69) is 32.5 Å². The van der Waals surface area contributed by atoms with Crippen LogP contribution < -0.4 is 5.32 Å². The van der Waals surface area contributed by atoms with Crippen LogP contribution in [0.15, 0.2) is 42.5 Å². The molecule has 1 aliphatic carbocycles. The molecule has 3 aromatic rings. The molecular formula is C22H24N4OS. The van der Waals surface area contributed by atoms with E-state index < -0.39 is 0 Å². The Kier molecular flexibility index (Phi) is 4.82. The molecule has 1 aromatic heterocycles. The molecule has 1 aliphatic heterocycles. The zero-order valence-corrected chi connectivity index (χ0v) is 16.6. The van der Waals surface area contributed by atoms with Crippen LogP contribution in [0, 0.1) is 0 Å². The first-order valence-electron chi connectivity index (χ1n) is 10.1. The average molecular weight is 393 g/mol. The molecule has 1 amide bonds. The number of benzene rings is 2. The Morgan fingerprint density at radius 1 is 0.964 bits per heavy atom. The fraction of sp³-hybridized carbons (Fsp3) is 0.409. The molecule has 2 aliphatic rings. The van der Waals surface area contributed by atoms with E-state index in [1.807, 2.05) is 41.7 Å². The summed E-state index contributed by atoms with van der Waals surface area (Å²) in [4.78, 5) is 14.8. The zero-order valence-electron chi connectivity index (χ0n) is 15.8. The molecule has 28 heavy (non-hydrogen) atoms. The molecule has 2 fully saturated rings. The van der Waals surface area contributed by atoms with Gasteiger partial charge in [0, 0.05) is 22.9 Å². The maximum absolute atomic E-state index is 12.6. The summed E-state index contributed by atoms with van der Waals surface area (Å²) < 4.78 is 0. The average Bonchev–Trinajstić information content (AvgIpc) is 3.46. The summed E-state index contributed by atoms with van der Waals surface area (Å²) in [6, 6.07) is 14.2. The minimum absolute atomic E-state index is 0.0572. The van der Waals surface area contributed by atoms with E-state index in [9.17, 15) is 4.79 Å². The summed E-state index contributed by atoms with van der Waals surface area (Å²) in [5.74, 6) is 1.24. The van der Waals surface area contributed by atoms with Gasteiger partial charge in [0.15, 0.2) is 0 Å². The van der Waals surface area contributed by atoms with Crippen LogP contribution in [0.25, 0.3) is 10.8 Å². The van der Waals surface area contributed by atoms with Crippen LogP contribution in [0.1, 0.15) is 47.5 Å². The molecular weight excluding hydrogens is 368 g/mol. The van der Waals surface area contributed by atoms with E-state index >= 15 is 0 Å². The van der Waals surface area contributed by atoms with Crippen molar-refractivity contribution in [2.24, 2.45) is 0 Å². The molecule has 5 rings (SSSR count). The molecule has 2 heterocycles. The number of nitrogens with one attached hydrogen (secondary N) is 1. The molecule has 6 heteroatoms. The number of amides is 1. The summed E-state index contributed by atoms with van der Waals surface area (Å²) in [6.45, 7) is 2.32. The molecule has 1 saturated carbocycles. The van der Waals surface area contributed by atoms with E-state index in [0.717, 1.165) is 42.4 Å². The second kappa shape index (κ2) is 7.60. The summed E-state index contributed by atoms with van der Waals surface area (Å²) in [5, 5.41) is 16.6. The lowest BCUT2D eigenvalue weighted by Crippen LogP contribution is -2.38. The van der Waals surface area contributed by atoms with Crippen molar-refractivity contribution in [1.82, 2.24) is 15.1 Å². The zero-order chi connectivity index (χ0) is 18.9. The van der Waals surface area contributed by atoms with Gasteiger partial charge in [-0.05, 0) is 50.2 Å². The number of anilines is 1. The third kappa shape index (κ3) is 3.80. The van der Waals surface area contributed by atoms with Gasteiger partial charge in [-0.3, -0.25) is 9.69 Å². The first-order chi connectivity index (χ1) is 13.8. The number of piperidine rings is 1. The first kappa shape index (κ1) is 17.8. The Labute approximate surface area is 168 Å². The lowest BCUT2D eigenvalue weighted by Gasteiger charge is -2.30. The van der Waals surface area contributed by atoms with Crippen LogP contribution in [-0.2, 0) is 4.79 Å². The molecule has 0 bridgehead atoms. The maximum atomic E-state index is 12.6. The standard InChI is InChI=1S/C22H24N4OS/c27-20(23-19-7-3-5-15-4-1-2-6-18(15)19)14-26-12-10-17(11-13-26)22-25-24-21(28-22)16-8-9-16/h1-7,16-17H,8-14H2,(H,23,27). The monoisotopic (exact) mass is 392 g/mol. The number of fused-ring (bicyclic) bond motifs is 1. The predicted octanol–water partition coefficient (Wildman–Crippen LogP) is 4.39. The first-order valence-corrected chi connectivity index (χ1v) is 10.9. The smallest absolute Gasteiger partial charge is 0.238 e. The van der Waals surface area contributed by atoms with E-state index in [1.165, 1.54) is 22.9 Å². The van der Waals surface area contributed by atoms with Gasteiger partial charge in [-0.25, -0.2) is 0 Å². The SMILES string of the molecule is O=C(CN1CCC(c2nnc(C3CC3)s2)CC1)Nc1cccc2ccccc12. The molecule has 1 N–H and O–H groups in total. The van der Waals surface area contributed by atoms with Gasteiger partial charge in [0.1, 0.15) is 10.0 Å². The Morgan fingerprint density at radius 2 is 1.64 bits per heavy atom. The number of nitrogens with zero attached hydrogens (tertiary/aromatic N) is 3. The van der Waals surface area contributed by atoms with Crippen molar-refractivity contribution in [2.45, 2.75) is 37.5 Å². The van der Waals surface area contributed by atoms with Crippen LogP contribution in [0.5, 0.6) is 0 Å². The molecule has 0 unspecified atom stereocenters. The van der Waals surface area contributed by atoms with E-state index in [0.29, 0.717) is 18.4 Å². The highest BCUT2D eigenvalue weighted by atomic mass is 32.1. The van der Waals surface area contributed by atoms with Crippen LogP contribution in [0.3, 0.4) is 0 Å². The number of aromatic nitrogens is 2. The van der Waals surface area contributed by atoms with Gasteiger partial charge in [0.2, 0.25) is 5.91 Å². The van der Waals surface area contributed by atoms with Crippen molar-refractivity contribution in [1.29, 1.82) is 0 Å². The number of carbonyl (C=O) groups excluding carboxylic acids is 1. The van der Waals surface area contributed by atoms with E-state index in [4.69, 9.17) is 0 Å². The third-order valence-corrected chi connectivity index (χ3v) is 7.00. The highest BCUT2D eigenvalue weighted by molar-refractivity contribution is 7.11. The second-order valence-electron chi connectivity index (χ2n) is 7.88.